The van der Waals surface area contributed by atoms with Gasteiger partial charge < -0.3 is 9.84 Å². The van der Waals surface area contributed by atoms with E-state index in [0.717, 1.165) is 18.2 Å². The summed E-state index contributed by atoms with van der Waals surface area (Å²) in [6, 6.07) is 4.26. The van der Waals surface area contributed by atoms with Gasteiger partial charge in [0.15, 0.2) is 23.1 Å². The molecule has 1 N–H and O–H groups in total. The van der Waals surface area contributed by atoms with Crippen molar-refractivity contribution in [2.45, 2.75) is 6.18 Å². The average molecular weight is 290 g/mol. The number of phenolic OH excluding ortho intramolecular Hbond substituents is 1. The van der Waals surface area contributed by atoms with E-state index in [1.165, 1.54) is 0 Å². The lowest BCUT2D eigenvalue weighted by atomic mass is 10.2. The highest BCUT2D eigenvalue weighted by atomic mass is 19.4. The van der Waals surface area contributed by atoms with Crippen LogP contribution in [-0.2, 0) is 6.18 Å². The maximum atomic E-state index is 13.3. The predicted octanol–water partition coefficient (Wildman–Crippen LogP) is 4.48. The van der Waals surface area contributed by atoms with Gasteiger partial charge in [0.1, 0.15) is 5.82 Å². The number of hydrogen-bond acceptors (Lipinski definition) is 2. The first-order chi connectivity index (χ1) is 9.27. The molecule has 0 radical (unpaired) electrons. The molecule has 0 unspecified atom stereocenters. The Morgan fingerprint density at radius 3 is 2.20 bits per heavy atom. The number of phenols is 1. The third-order valence-electron chi connectivity index (χ3n) is 2.40. The van der Waals surface area contributed by atoms with Crippen molar-refractivity contribution in [3.05, 3.63) is 53.6 Å². The van der Waals surface area contributed by atoms with Crippen LogP contribution in [0.25, 0.3) is 0 Å². The zero-order chi connectivity index (χ0) is 14.9. The first kappa shape index (κ1) is 14.1. The summed E-state index contributed by atoms with van der Waals surface area (Å²) in [5.74, 6) is -3.63. The lowest BCUT2D eigenvalue weighted by Gasteiger charge is -2.12. The quantitative estimate of drug-likeness (QED) is 0.826. The number of alkyl halides is 3. The van der Waals surface area contributed by atoms with Crippen LogP contribution in [0.15, 0.2) is 36.4 Å². The van der Waals surface area contributed by atoms with E-state index in [-0.39, 0.29) is 0 Å². The summed E-state index contributed by atoms with van der Waals surface area (Å²) < 4.78 is 68.4. The summed E-state index contributed by atoms with van der Waals surface area (Å²) in [4.78, 5) is 0. The average Bonchev–Trinajstić information content (AvgIpc) is 2.33. The van der Waals surface area contributed by atoms with Gasteiger partial charge in [0.05, 0.1) is 5.56 Å². The summed E-state index contributed by atoms with van der Waals surface area (Å²) >= 11 is 0. The van der Waals surface area contributed by atoms with Gasteiger partial charge in [-0.25, -0.2) is 8.78 Å². The van der Waals surface area contributed by atoms with Gasteiger partial charge >= 0.3 is 6.18 Å². The summed E-state index contributed by atoms with van der Waals surface area (Å²) in [6.45, 7) is 0. The topological polar surface area (TPSA) is 29.5 Å². The van der Waals surface area contributed by atoms with Gasteiger partial charge in [-0.1, -0.05) is 0 Å². The minimum atomic E-state index is -4.63. The molecule has 0 aliphatic carbocycles. The van der Waals surface area contributed by atoms with E-state index in [4.69, 9.17) is 4.74 Å². The second-order valence-corrected chi connectivity index (χ2v) is 3.86. The lowest BCUT2D eigenvalue weighted by molar-refractivity contribution is -0.137. The van der Waals surface area contributed by atoms with Gasteiger partial charge in [0, 0.05) is 6.07 Å². The van der Waals surface area contributed by atoms with Crippen molar-refractivity contribution in [2.24, 2.45) is 0 Å². The maximum absolute atomic E-state index is 13.3. The van der Waals surface area contributed by atoms with E-state index >= 15 is 0 Å². The van der Waals surface area contributed by atoms with E-state index in [1.54, 1.807) is 0 Å². The van der Waals surface area contributed by atoms with Gasteiger partial charge in [0.25, 0.3) is 0 Å². The Balaban J connectivity index is 2.38. The lowest BCUT2D eigenvalue weighted by Crippen LogP contribution is -2.04. The predicted molar refractivity (Wildman–Crippen MR) is 59.5 cm³/mol. The number of hydrogen-bond donors (Lipinski definition) is 1. The number of rotatable bonds is 2. The molecule has 20 heavy (non-hydrogen) atoms. The summed E-state index contributed by atoms with van der Waals surface area (Å²) in [5.41, 5.74) is -1.06. The number of halogens is 5. The van der Waals surface area contributed by atoms with Crippen LogP contribution in [0.2, 0.25) is 0 Å². The smallest absolute Gasteiger partial charge is 0.416 e. The van der Waals surface area contributed by atoms with Crippen molar-refractivity contribution < 1.29 is 31.8 Å². The standard InChI is InChI=1S/C13H7F5O2/c14-8-2-4-11(9(15)6-8)20-12-5-7(13(16,17)18)1-3-10(12)19/h1-6,19H. The monoisotopic (exact) mass is 290 g/mol. The first-order valence-corrected chi connectivity index (χ1v) is 5.30. The Hall–Kier alpha value is -2.31. The third kappa shape index (κ3) is 2.98. The second kappa shape index (κ2) is 4.99. The Morgan fingerprint density at radius 2 is 1.60 bits per heavy atom. The van der Waals surface area contributed by atoms with Gasteiger partial charge in [0.2, 0.25) is 0 Å². The molecule has 0 amide bonds. The highest BCUT2D eigenvalue weighted by Gasteiger charge is 2.31. The number of aromatic hydroxyl groups is 1. The minimum Gasteiger partial charge on any atom is -0.504 e. The van der Waals surface area contributed by atoms with E-state index in [0.29, 0.717) is 18.2 Å². The molecule has 0 aromatic heterocycles. The second-order valence-electron chi connectivity index (χ2n) is 3.86. The van der Waals surface area contributed by atoms with Crippen molar-refractivity contribution in [3.8, 4) is 17.2 Å². The highest BCUT2D eigenvalue weighted by molar-refractivity contribution is 5.45. The molecule has 0 bridgehead atoms. The van der Waals surface area contributed by atoms with Crippen LogP contribution < -0.4 is 4.74 Å². The molecule has 0 saturated carbocycles. The molecule has 2 aromatic carbocycles. The van der Waals surface area contributed by atoms with Crippen LogP contribution in [0.5, 0.6) is 17.2 Å². The number of benzene rings is 2. The summed E-state index contributed by atoms with van der Waals surface area (Å²) in [6.07, 6.45) is -4.63. The van der Waals surface area contributed by atoms with Crippen LogP contribution in [0.3, 0.4) is 0 Å². The normalized spacial score (nSPS) is 11.4. The molecule has 106 valence electrons. The molecule has 2 aromatic rings. The fourth-order valence-electron chi connectivity index (χ4n) is 1.45. The number of ether oxygens (including phenoxy) is 1. The molecule has 0 fully saturated rings. The SMILES string of the molecule is Oc1ccc(C(F)(F)F)cc1Oc1ccc(F)cc1F. The maximum Gasteiger partial charge on any atom is 0.416 e. The van der Waals surface area contributed by atoms with Crippen LogP contribution in [0.4, 0.5) is 22.0 Å². The Kier molecular flexibility index (Phi) is 3.52. The fourth-order valence-corrected chi connectivity index (χ4v) is 1.45. The molecular weight excluding hydrogens is 283 g/mol. The minimum absolute atomic E-state index is 0.499. The molecule has 0 saturated heterocycles. The first-order valence-electron chi connectivity index (χ1n) is 5.30. The fraction of sp³-hybridized carbons (Fsp3) is 0.0769. The molecule has 7 heteroatoms. The van der Waals surface area contributed by atoms with Gasteiger partial charge in [-0.3, -0.25) is 0 Å². The Labute approximate surface area is 110 Å². The van der Waals surface area contributed by atoms with Crippen LogP contribution in [-0.4, -0.2) is 5.11 Å². The van der Waals surface area contributed by atoms with Crippen molar-refractivity contribution >= 4 is 0 Å². The van der Waals surface area contributed by atoms with E-state index in [2.05, 4.69) is 0 Å². The van der Waals surface area contributed by atoms with E-state index < -0.39 is 40.6 Å². The zero-order valence-corrected chi connectivity index (χ0v) is 9.71. The third-order valence-corrected chi connectivity index (χ3v) is 2.40. The molecule has 0 aliphatic heterocycles. The van der Waals surface area contributed by atoms with E-state index in [1.807, 2.05) is 0 Å². The summed E-state index contributed by atoms with van der Waals surface area (Å²) in [7, 11) is 0. The molecule has 0 atom stereocenters. The zero-order valence-electron chi connectivity index (χ0n) is 9.71. The van der Waals surface area contributed by atoms with Crippen LogP contribution in [0.1, 0.15) is 5.56 Å². The molecule has 0 spiro atoms. The van der Waals surface area contributed by atoms with Crippen molar-refractivity contribution in [1.29, 1.82) is 0 Å². The molecule has 0 heterocycles. The van der Waals surface area contributed by atoms with E-state index in [9.17, 15) is 27.1 Å². The molecular formula is C13H7F5O2. The van der Waals surface area contributed by atoms with Gasteiger partial charge in [-0.15, -0.1) is 0 Å². The molecule has 2 rings (SSSR count). The summed E-state index contributed by atoms with van der Waals surface area (Å²) in [5, 5.41) is 9.42. The van der Waals surface area contributed by atoms with Gasteiger partial charge in [-0.05, 0) is 30.3 Å². The van der Waals surface area contributed by atoms with Crippen molar-refractivity contribution in [2.75, 3.05) is 0 Å². The van der Waals surface area contributed by atoms with Gasteiger partial charge in [-0.2, -0.15) is 13.2 Å². The largest absolute Gasteiger partial charge is 0.504 e. The van der Waals surface area contributed by atoms with Crippen LogP contribution in [0, 0.1) is 11.6 Å². The van der Waals surface area contributed by atoms with Crippen LogP contribution >= 0.6 is 0 Å². The van der Waals surface area contributed by atoms with Crippen molar-refractivity contribution in [3.63, 3.8) is 0 Å². The molecule has 2 nitrogen and oxygen atoms in total. The Bertz CT molecular complexity index is 637. The van der Waals surface area contributed by atoms with Crippen molar-refractivity contribution in [1.82, 2.24) is 0 Å². The highest BCUT2D eigenvalue weighted by Crippen LogP contribution is 2.38. The molecule has 0 aliphatic rings. The Morgan fingerprint density at radius 1 is 0.900 bits per heavy atom.